The summed E-state index contributed by atoms with van der Waals surface area (Å²) in [6, 6.07) is 1.54. The van der Waals surface area contributed by atoms with Gasteiger partial charge in [0.15, 0.2) is 0 Å². The van der Waals surface area contributed by atoms with Crippen molar-refractivity contribution in [1.29, 1.82) is 0 Å². The number of rotatable bonds is 2. The second-order valence-corrected chi connectivity index (χ2v) is 7.68. The van der Waals surface area contributed by atoms with Crippen LogP contribution in [-0.2, 0) is 0 Å². The Balaban J connectivity index is 1.59. The van der Waals surface area contributed by atoms with E-state index in [1.807, 2.05) is 0 Å². The average Bonchev–Trinajstić information content (AvgIpc) is 3.11. The van der Waals surface area contributed by atoms with Crippen molar-refractivity contribution in [1.82, 2.24) is 9.80 Å². The highest BCUT2D eigenvalue weighted by Crippen LogP contribution is 2.54. The van der Waals surface area contributed by atoms with Gasteiger partial charge < -0.3 is 5.73 Å². The average molecular weight is 263 g/mol. The number of hydrogen-bond acceptors (Lipinski definition) is 3. The zero-order valence-electron chi connectivity index (χ0n) is 12.4. The summed E-state index contributed by atoms with van der Waals surface area (Å²) in [7, 11) is 0. The van der Waals surface area contributed by atoms with Gasteiger partial charge in [0.1, 0.15) is 0 Å². The van der Waals surface area contributed by atoms with Crippen LogP contribution in [0.25, 0.3) is 0 Å². The molecule has 3 heteroatoms. The first kappa shape index (κ1) is 12.6. The summed E-state index contributed by atoms with van der Waals surface area (Å²) in [4.78, 5) is 5.60. The van der Waals surface area contributed by atoms with Crippen molar-refractivity contribution in [3.63, 3.8) is 0 Å². The van der Waals surface area contributed by atoms with Gasteiger partial charge >= 0.3 is 0 Å². The van der Waals surface area contributed by atoms with Gasteiger partial charge in [0.2, 0.25) is 0 Å². The maximum atomic E-state index is 6.33. The molecule has 4 rings (SSSR count). The van der Waals surface area contributed by atoms with Crippen LogP contribution in [0.15, 0.2) is 0 Å². The second kappa shape index (κ2) is 4.44. The molecule has 2 saturated heterocycles. The molecule has 2 bridgehead atoms. The van der Waals surface area contributed by atoms with Crippen molar-refractivity contribution in [3.05, 3.63) is 0 Å². The number of hydrogen-bond donors (Lipinski definition) is 1. The lowest BCUT2D eigenvalue weighted by Gasteiger charge is -2.54. The van der Waals surface area contributed by atoms with Crippen molar-refractivity contribution in [2.24, 2.45) is 17.6 Å². The van der Waals surface area contributed by atoms with E-state index in [-0.39, 0.29) is 0 Å². The third-order valence-electron chi connectivity index (χ3n) is 6.81. The highest BCUT2D eigenvalue weighted by Gasteiger charge is 2.55. The topological polar surface area (TPSA) is 32.5 Å². The molecule has 5 atom stereocenters. The Bertz CT molecular complexity index is 358. The lowest BCUT2D eigenvalue weighted by Crippen LogP contribution is -2.67. The minimum Gasteiger partial charge on any atom is -0.329 e. The SMILES string of the molecule is CC1CN2CCCC2CN1C1(CN)CC2CCC1C2. The molecule has 4 aliphatic rings. The Kier molecular flexibility index (Phi) is 2.95. The molecule has 5 unspecified atom stereocenters. The van der Waals surface area contributed by atoms with E-state index in [1.54, 1.807) is 0 Å². The third-order valence-corrected chi connectivity index (χ3v) is 6.81. The van der Waals surface area contributed by atoms with Crippen LogP contribution in [0.5, 0.6) is 0 Å². The molecule has 19 heavy (non-hydrogen) atoms. The van der Waals surface area contributed by atoms with Crippen LogP contribution in [0.1, 0.15) is 45.4 Å². The normalized spacial score (nSPS) is 50.8. The summed E-state index contributed by atoms with van der Waals surface area (Å²) in [5.74, 6) is 1.89. The van der Waals surface area contributed by atoms with E-state index in [0.717, 1.165) is 24.4 Å². The molecular formula is C16H29N3. The van der Waals surface area contributed by atoms with Gasteiger partial charge in [0.25, 0.3) is 0 Å². The lowest BCUT2D eigenvalue weighted by molar-refractivity contribution is -0.0465. The van der Waals surface area contributed by atoms with Gasteiger partial charge in [-0.25, -0.2) is 0 Å². The smallest absolute Gasteiger partial charge is 0.0366 e. The van der Waals surface area contributed by atoms with Crippen LogP contribution in [0.3, 0.4) is 0 Å². The van der Waals surface area contributed by atoms with Crippen molar-refractivity contribution in [2.75, 3.05) is 26.2 Å². The first-order valence-corrected chi connectivity index (χ1v) is 8.44. The van der Waals surface area contributed by atoms with Gasteiger partial charge in [-0.3, -0.25) is 9.80 Å². The highest BCUT2D eigenvalue weighted by molar-refractivity contribution is 5.11. The fourth-order valence-electron chi connectivity index (χ4n) is 5.94. The molecule has 0 aromatic heterocycles. The van der Waals surface area contributed by atoms with E-state index in [2.05, 4.69) is 16.7 Å². The van der Waals surface area contributed by atoms with E-state index in [4.69, 9.17) is 5.73 Å². The Labute approximate surface area is 117 Å². The van der Waals surface area contributed by atoms with Crippen LogP contribution in [-0.4, -0.2) is 53.6 Å². The fourth-order valence-corrected chi connectivity index (χ4v) is 5.94. The van der Waals surface area contributed by atoms with E-state index in [9.17, 15) is 0 Å². The summed E-state index contributed by atoms with van der Waals surface area (Å²) in [5, 5.41) is 0. The lowest BCUT2D eigenvalue weighted by atomic mass is 9.77. The van der Waals surface area contributed by atoms with Crippen molar-refractivity contribution in [3.8, 4) is 0 Å². The number of fused-ring (bicyclic) bond motifs is 3. The number of piperazine rings is 1. The molecule has 2 heterocycles. The molecule has 108 valence electrons. The van der Waals surface area contributed by atoms with Crippen LogP contribution in [0.2, 0.25) is 0 Å². The van der Waals surface area contributed by atoms with E-state index < -0.39 is 0 Å². The van der Waals surface area contributed by atoms with Gasteiger partial charge in [-0.05, 0) is 57.4 Å². The summed E-state index contributed by atoms with van der Waals surface area (Å²) in [5.41, 5.74) is 6.70. The summed E-state index contributed by atoms with van der Waals surface area (Å²) < 4.78 is 0. The third kappa shape index (κ3) is 1.74. The first-order chi connectivity index (χ1) is 9.23. The van der Waals surface area contributed by atoms with Gasteiger partial charge in [0, 0.05) is 37.3 Å². The molecule has 2 saturated carbocycles. The van der Waals surface area contributed by atoms with E-state index in [1.165, 1.54) is 58.2 Å². The maximum absolute atomic E-state index is 6.33. The molecular weight excluding hydrogens is 234 g/mol. The largest absolute Gasteiger partial charge is 0.329 e. The number of nitrogens with two attached hydrogens (primary N) is 1. The monoisotopic (exact) mass is 263 g/mol. The quantitative estimate of drug-likeness (QED) is 0.822. The predicted molar refractivity (Wildman–Crippen MR) is 78.0 cm³/mol. The standard InChI is InChI=1S/C16H29N3/c1-12-9-18-6-2-3-15(18)10-19(12)16(11-17)8-13-4-5-14(16)7-13/h12-15H,2-11,17H2,1H3. The Morgan fingerprint density at radius 2 is 2.11 bits per heavy atom. The molecule has 2 aliphatic carbocycles. The fraction of sp³-hybridized carbons (Fsp3) is 1.00. The molecule has 0 spiro atoms. The minimum atomic E-state index is 0.372. The summed E-state index contributed by atoms with van der Waals surface area (Å²) in [6.07, 6.45) is 8.61. The van der Waals surface area contributed by atoms with Crippen LogP contribution >= 0.6 is 0 Å². The zero-order chi connectivity index (χ0) is 13.0. The Morgan fingerprint density at radius 1 is 1.21 bits per heavy atom. The minimum absolute atomic E-state index is 0.372. The highest BCUT2D eigenvalue weighted by atomic mass is 15.4. The van der Waals surface area contributed by atoms with Crippen molar-refractivity contribution >= 4 is 0 Å². The maximum Gasteiger partial charge on any atom is 0.0366 e. The molecule has 0 radical (unpaired) electrons. The van der Waals surface area contributed by atoms with Gasteiger partial charge in [-0.15, -0.1) is 0 Å². The second-order valence-electron chi connectivity index (χ2n) is 7.68. The van der Waals surface area contributed by atoms with E-state index in [0.29, 0.717) is 11.6 Å². The van der Waals surface area contributed by atoms with Gasteiger partial charge in [-0.1, -0.05) is 6.42 Å². The van der Waals surface area contributed by atoms with E-state index >= 15 is 0 Å². The molecule has 0 amide bonds. The van der Waals surface area contributed by atoms with Crippen LogP contribution in [0, 0.1) is 11.8 Å². The molecule has 2 N–H and O–H groups in total. The van der Waals surface area contributed by atoms with Crippen LogP contribution in [0.4, 0.5) is 0 Å². The van der Waals surface area contributed by atoms with Crippen molar-refractivity contribution < 1.29 is 0 Å². The summed E-state index contributed by atoms with van der Waals surface area (Å²) >= 11 is 0. The van der Waals surface area contributed by atoms with Crippen molar-refractivity contribution in [2.45, 2.75) is 63.1 Å². The first-order valence-electron chi connectivity index (χ1n) is 8.44. The summed E-state index contributed by atoms with van der Waals surface area (Å²) in [6.45, 7) is 7.25. The molecule has 3 nitrogen and oxygen atoms in total. The number of nitrogens with zero attached hydrogens (tertiary/aromatic N) is 2. The van der Waals surface area contributed by atoms with Crippen LogP contribution < -0.4 is 5.73 Å². The van der Waals surface area contributed by atoms with Gasteiger partial charge in [0.05, 0.1) is 0 Å². The van der Waals surface area contributed by atoms with Gasteiger partial charge in [-0.2, -0.15) is 0 Å². The predicted octanol–water partition coefficient (Wildman–Crippen LogP) is 1.67. The molecule has 0 aromatic rings. The zero-order valence-corrected chi connectivity index (χ0v) is 12.4. The Hall–Kier alpha value is -0.120. The molecule has 2 aliphatic heterocycles. The molecule has 0 aromatic carbocycles. The molecule has 4 fully saturated rings. The Morgan fingerprint density at radius 3 is 2.79 bits per heavy atom.